The molecule has 0 aliphatic carbocycles. The van der Waals surface area contributed by atoms with Crippen molar-refractivity contribution in [2.24, 2.45) is 17.6 Å². The van der Waals surface area contributed by atoms with Crippen LogP contribution in [0, 0.1) is 11.8 Å². The molecule has 5 atom stereocenters. The SMILES string of the molecule is CNC(=O)[C@H](CC(=O)O)NC(=O)[C@H](CC(=O)O)NC(=O)[C@H](CC(C)C)NC(=O)[C@H](CC(C)C)NC(=O)[C@@H](N)Cc1ccc(O)cc1. The van der Waals surface area contributed by atoms with Crippen LogP contribution in [0.25, 0.3) is 0 Å². The van der Waals surface area contributed by atoms with Gasteiger partial charge in [0.25, 0.3) is 0 Å². The maximum atomic E-state index is 13.4. The Balaban J connectivity index is 3.14. The third kappa shape index (κ3) is 14.4. The molecule has 0 saturated heterocycles. The monoisotopic (exact) mass is 650 g/mol. The predicted molar refractivity (Wildman–Crippen MR) is 165 cm³/mol. The maximum Gasteiger partial charge on any atom is 0.305 e. The van der Waals surface area contributed by atoms with E-state index >= 15 is 0 Å². The Morgan fingerprint density at radius 1 is 0.630 bits per heavy atom. The number of phenolic OH excluding ortho intramolecular Hbond substituents is 1. The van der Waals surface area contributed by atoms with Crippen LogP contribution >= 0.6 is 0 Å². The van der Waals surface area contributed by atoms with Crippen LogP contribution in [0.15, 0.2) is 24.3 Å². The first-order chi connectivity index (χ1) is 21.4. The maximum absolute atomic E-state index is 13.4. The number of aromatic hydroxyl groups is 1. The normalized spacial score (nSPS) is 14.3. The first-order valence-corrected chi connectivity index (χ1v) is 14.8. The van der Waals surface area contributed by atoms with Gasteiger partial charge in [-0.2, -0.15) is 0 Å². The average Bonchev–Trinajstić information content (AvgIpc) is 2.95. The highest BCUT2D eigenvalue weighted by atomic mass is 16.4. The largest absolute Gasteiger partial charge is 0.508 e. The minimum absolute atomic E-state index is 0.0524. The van der Waals surface area contributed by atoms with Gasteiger partial charge in [0.1, 0.15) is 29.9 Å². The molecule has 0 bridgehead atoms. The standard InChI is InChI=1S/C30H46N6O10/c1-15(2)10-20(33-26(42)19(31)12-17-6-8-18(37)9-7-17)28(44)34-21(11-16(3)4)29(45)36-23(14-25(40)41)30(46)35-22(13-24(38)39)27(43)32-5/h6-9,15-16,19-23,37H,10-14,31H2,1-5H3,(H,32,43)(H,33,42)(H,34,44)(H,35,46)(H,36,45)(H,38,39)(H,40,41)/t19-,20-,21-,22-,23-/m0/s1. The lowest BCUT2D eigenvalue weighted by atomic mass is 9.99. The van der Waals surface area contributed by atoms with Crippen LogP contribution in [0.3, 0.4) is 0 Å². The zero-order valence-corrected chi connectivity index (χ0v) is 26.7. The van der Waals surface area contributed by atoms with Crippen molar-refractivity contribution >= 4 is 41.5 Å². The number of nitrogens with two attached hydrogens (primary N) is 1. The molecule has 5 amide bonds. The van der Waals surface area contributed by atoms with Gasteiger partial charge in [-0.15, -0.1) is 0 Å². The molecule has 0 fully saturated rings. The van der Waals surface area contributed by atoms with Gasteiger partial charge in [0.15, 0.2) is 0 Å². The first kappa shape index (κ1) is 39.3. The quantitative estimate of drug-likeness (QED) is 0.0875. The average molecular weight is 651 g/mol. The molecule has 16 nitrogen and oxygen atoms in total. The predicted octanol–water partition coefficient (Wildman–Crippen LogP) is -1.01. The minimum atomic E-state index is -1.72. The Kier molecular flexibility index (Phi) is 16.2. The molecule has 0 heterocycles. The molecule has 256 valence electrons. The molecule has 0 radical (unpaired) electrons. The van der Waals surface area contributed by atoms with Crippen LogP contribution in [-0.2, 0) is 40.0 Å². The van der Waals surface area contributed by atoms with Gasteiger partial charge in [0, 0.05) is 7.05 Å². The second-order valence-corrected chi connectivity index (χ2v) is 11.8. The fraction of sp³-hybridized carbons (Fsp3) is 0.567. The molecule has 0 spiro atoms. The topological polar surface area (TPSA) is 266 Å². The van der Waals surface area contributed by atoms with Crippen molar-refractivity contribution in [2.45, 2.75) is 90.0 Å². The fourth-order valence-corrected chi connectivity index (χ4v) is 4.42. The summed E-state index contributed by atoms with van der Waals surface area (Å²) in [6.07, 6.45) is -1.32. The third-order valence-corrected chi connectivity index (χ3v) is 6.68. The molecular weight excluding hydrogens is 604 g/mol. The smallest absolute Gasteiger partial charge is 0.305 e. The molecule has 0 aliphatic heterocycles. The highest BCUT2D eigenvalue weighted by molar-refractivity contribution is 5.97. The molecule has 0 aliphatic rings. The van der Waals surface area contributed by atoms with Gasteiger partial charge in [-0.05, 0) is 48.8 Å². The van der Waals surface area contributed by atoms with Gasteiger partial charge >= 0.3 is 11.9 Å². The second kappa shape index (κ2) is 18.9. The number of rotatable bonds is 19. The number of nitrogens with one attached hydrogen (secondary N) is 5. The molecule has 0 aromatic heterocycles. The minimum Gasteiger partial charge on any atom is -0.508 e. The second-order valence-electron chi connectivity index (χ2n) is 11.8. The van der Waals surface area contributed by atoms with Crippen LogP contribution in [0.4, 0.5) is 0 Å². The Labute approximate surface area is 267 Å². The number of carbonyl (C=O) groups excluding carboxylic acids is 5. The zero-order chi connectivity index (χ0) is 35.1. The van der Waals surface area contributed by atoms with Crippen molar-refractivity contribution in [3.05, 3.63) is 29.8 Å². The van der Waals surface area contributed by atoms with Gasteiger partial charge in [-0.3, -0.25) is 33.6 Å². The van der Waals surface area contributed by atoms with Crippen LogP contribution in [0.5, 0.6) is 5.75 Å². The Bertz CT molecular complexity index is 1240. The van der Waals surface area contributed by atoms with E-state index in [1.165, 1.54) is 19.2 Å². The lowest BCUT2D eigenvalue weighted by Gasteiger charge is -2.27. The van der Waals surface area contributed by atoms with E-state index in [-0.39, 0.29) is 36.8 Å². The number of carboxylic acids is 2. The van der Waals surface area contributed by atoms with E-state index < -0.39 is 84.5 Å². The van der Waals surface area contributed by atoms with E-state index in [0.29, 0.717) is 5.56 Å². The van der Waals surface area contributed by atoms with Gasteiger partial charge in [-0.1, -0.05) is 39.8 Å². The fourth-order valence-electron chi connectivity index (χ4n) is 4.42. The summed E-state index contributed by atoms with van der Waals surface area (Å²) in [6.45, 7) is 7.19. The molecule has 46 heavy (non-hydrogen) atoms. The summed E-state index contributed by atoms with van der Waals surface area (Å²) >= 11 is 0. The summed E-state index contributed by atoms with van der Waals surface area (Å²) in [5.74, 6) is -7.25. The number of benzene rings is 1. The molecule has 0 unspecified atom stereocenters. The van der Waals surface area contributed by atoms with Crippen molar-refractivity contribution in [2.75, 3.05) is 7.05 Å². The number of likely N-dealkylation sites (N-methyl/N-ethyl adjacent to an activating group) is 1. The third-order valence-electron chi connectivity index (χ3n) is 6.68. The number of aliphatic carboxylic acids is 2. The van der Waals surface area contributed by atoms with Crippen LogP contribution in [0.1, 0.15) is 58.9 Å². The number of phenols is 1. The van der Waals surface area contributed by atoms with Gasteiger partial charge in [0.2, 0.25) is 29.5 Å². The van der Waals surface area contributed by atoms with E-state index in [9.17, 15) is 43.8 Å². The van der Waals surface area contributed by atoms with E-state index in [1.807, 2.05) is 13.8 Å². The van der Waals surface area contributed by atoms with Crippen LogP contribution < -0.4 is 32.3 Å². The number of carboxylic acid groups (broad SMARTS) is 2. The van der Waals surface area contributed by atoms with E-state index in [0.717, 1.165) is 0 Å². The number of hydrogen-bond acceptors (Lipinski definition) is 9. The number of carbonyl (C=O) groups is 7. The Morgan fingerprint density at radius 2 is 1.00 bits per heavy atom. The first-order valence-electron chi connectivity index (χ1n) is 14.8. The lowest BCUT2D eigenvalue weighted by molar-refractivity contribution is -0.143. The van der Waals surface area contributed by atoms with E-state index in [2.05, 4.69) is 26.6 Å². The molecule has 10 N–H and O–H groups in total. The van der Waals surface area contributed by atoms with Crippen LogP contribution in [0.2, 0.25) is 0 Å². The van der Waals surface area contributed by atoms with Crippen molar-refractivity contribution < 1.29 is 48.9 Å². The molecule has 1 aromatic rings. The van der Waals surface area contributed by atoms with Crippen LogP contribution in [-0.4, -0.2) is 94.1 Å². The van der Waals surface area contributed by atoms with Crippen molar-refractivity contribution in [1.29, 1.82) is 0 Å². The van der Waals surface area contributed by atoms with Crippen molar-refractivity contribution in [3.63, 3.8) is 0 Å². The van der Waals surface area contributed by atoms with Gasteiger partial charge < -0.3 is 47.6 Å². The summed E-state index contributed by atoms with van der Waals surface area (Å²) in [4.78, 5) is 87.5. The van der Waals surface area contributed by atoms with E-state index in [1.54, 1.807) is 26.0 Å². The van der Waals surface area contributed by atoms with E-state index in [4.69, 9.17) is 10.8 Å². The van der Waals surface area contributed by atoms with Gasteiger partial charge in [-0.25, -0.2) is 0 Å². The van der Waals surface area contributed by atoms with Gasteiger partial charge in [0.05, 0.1) is 18.9 Å². The molecular formula is C30H46N6O10. The Morgan fingerprint density at radius 3 is 1.39 bits per heavy atom. The summed E-state index contributed by atoms with van der Waals surface area (Å²) in [5.41, 5.74) is 6.76. The lowest BCUT2D eigenvalue weighted by Crippen LogP contribution is -2.59. The molecule has 0 saturated carbocycles. The summed E-state index contributed by atoms with van der Waals surface area (Å²) in [7, 11) is 1.22. The molecule has 1 rings (SSSR count). The zero-order valence-electron chi connectivity index (χ0n) is 26.7. The molecule has 16 heteroatoms. The number of amides is 5. The van der Waals surface area contributed by atoms with Crippen molar-refractivity contribution in [1.82, 2.24) is 26.6 Å². The highest BCUT2D eigenvalue weighted by Gasteiger charge is 2.33. The Hall–Kier alpha value is -4.73. The summed E-state index contributed by atoms with van der Waals surface area (Å²) in [5, 5.41) is 39.8. The summed E-state index contributed by atoms with van der Waals surface area (Å²) < 4.78 is 0. The number of hydrogen-bond donors (Lipinski definition) is 9. The highest BCUT2D eigenvalue weighted by Crippen LogP contribution is 2.13. The molecule has 1 aromatic carbocycles. The summed E-state index contributed by atoms with van der Waals surface area (Å²) in [6, 6.07) is -0.525. The van der Waals surface area contributed by atoms with Crippen molar-refractivity contribution in [3.8, 4) is 5.75 Å².